The molecule has 0 aromatic carbocycles. The molecule has 0 aromatic heterocycles. The molecule has 0 aromatic rings. The van der Waals surface area contributed by atoms with E-state index in [4.69, 9.17) is 5.11 Å². The molecular formula is C24H36O4. The molecule has 28 heavy (non-hydrogen) atoms. The Labute approximate surface area is 168 Å². The molecule has 0 heterocycles. The van der Waals surface area contributed by atoms with E-state index in [-0.39, 0.29) is 23.2 Å². The lowest BCUT2D eigenvalue weighted by molar-refractivity contribution is -0.159. The van der Waals surface area contributed by atoms with E-state index >= 15 is 0 Å². The molecule has 4 aliphatic carbocycles. The summed E-state index contributed by atoms with van der Waals surface area (Å²) in [5.41, 5.74) is -0.117. The van der Waals surface area contributed by atoms with E-state index in [9.17, 15) is 14.4 Å². The maximum atomic E-state index is 13.6. The van der Waals surface area contributed by atoms with Crippen molar-refractivity contribution in [3.05, 3.63) is 0 Å². The maximum absolute atomic E-state index is 13.6. The van der Waals surface area contributed by atoms with Crippen molar-refractivity contribution in [3.63, 3.8) is 0 Å². The number of Topliss-reactive ketones (excluding diaryl/α,β-unsaturated/α-hetero) is 2. The molecule has 0 radical (unpaired) electrons. The number of ketones is 2. The second-order valence-corrected chi connectivity index (χ2v) is 10.9. The van der Waals surface area contributed by atoms with E-state index in [2.05, 4.69) is 20.8 Å². The van der Waals surface area contributed by atoms with Crippen molar-refractivity contribution in [3.8, 4) is 0 Å². The maximum Gasteiger partial charge on any atom is 0.303 e. The van der Waals surface area contributed by atoms with E-state index < -0.39 is 5.97 Å². The smallest absolute Gasteiger partial charge is 0.303 e. The Morgan fingerprint density at radius 1 is 1.11 bits per heavy atom. The first-order valence-corrected chi connectivity index (χ1v) is 11.4. The van der Waals surface area contributed by atoms with Gasteiger partial charge in [0.1, 0.15) is 11.6 Å². The van der Waals surface area contributed by atoms with Gasteiger partial charge in [-0.1, -0.05) is 20.8 Å². The van der Waals surface area contributed by atoms with Gasteiger partial charge in [-0.25, -0.2) is 0 Å². The minimum atomic E-state index is -0.736. The molecule has 1 N–H and O–H groups in total. The van der Waals surface area contributed by atoms with Gasteiger partial charge in [-0.2, -0.15) is 0 Å². The number of carbonyl (C=O) groups is 3. The van der Waals surface area contributed by atoms with Gasteiger partial charge in [0.25, 0.3) is 0 Å². The summed E-state index contributed by atoms with van der Waals surface area (Å²) < 4.78 is 0. The average molecular weight is 389 g/mol. The molecule has 4 aliphatic rings. The highest BCUT2D eigenvalue weighted by molar-refractivity contribution is 5.87. The van der Waals surface area contributed by atoms with Crippen molar-refractivity contribution < 1.29 is 19.5 Å². The minimum Gasteiger partial charge on any atom is -0.481 e. The van der Waals surface area contributed by atoms with Crippen molar-refractivity contribution in [2.24, 2.45) is 46.3 Å². The monoisotopic (exact) mass is 388 g/mol. The van der Waals surface area contributed by atoms with E-state index in [1.807, 2.05) is 0 Å². The zero-order valence-corrected chi connectivity index (χ0v) is 17.7. The highest BCUT2D eigenvalue weighted by Crippen LogP contribution is 2.67. The molecular weight excluding hydrogens is 352 g/mol. The van der Waals surface area contributed by atoms with Crippen LogP contribution in [0.1, 0.15) is 85.0 Å². The lowest BCUT2D eigenvalue weighted by Crippen LogP contribution is -2.57. The van der Waals surface area contributed by atoms with Gasteiger partial charge in [0, 0.05) is 31.1 Å². The molecule has 4 fully saturated rings. The Morgan fingerprint density at radius 3 is 2.57 bits per heavy atom. The summed E-state index contributed by atoms with van der Waals surface area (Å²) in [6, 6.07) is 0. The van der Waals surface area contributed by atoms with Gasteiger partial charge in [0.15, 0.2) is 0 Å². The third kappa shape index (κ3) is 2.89. The van der Waals surface area contributed by atoms with E-state index in [1.54, 1.807) is 0 Å². The Bertz CT molecular complexity index is 684. The van der Waals surface area contributed by atoms with Crippen LogP contribution >= 0.6 is 0 Å². The SMILES string of the molecule is C[C@H](CCC(=O)O)[C@@H]1CC[C@@H]2[C@H]3CC[C@H]4CC(=O)CC[C@]4(C)[C@@H]3CC(=O)[C@@]21C. The van der Waals surface area contributed by atoms with Gasteiger partial charge in [-0.05, 0) is 79.4 Å². The number of carbonyl (C=O) groups excluding carboxylic acids is 2. The summed E-state index contributed by atoms with van der Waals surface area (Å²) in [6.45, 7) is 6.74. The number of aliphatic carboxylic acids is 1. The second-order valence-electron chi connectivity index (χ2n) is 10.9. The molecule has 0 unspecified atom stereocenters. The first-order chi connectivity index (χ1) is 13.2. The van der Waals surface area contributed by atoms with E-state index in [1.165, 1.54) is 6.42 Å². The topological polar surface area (TPSA) is 71.4 Å². The Kier molecular flexibility index (Phi) is 4.99. The normalized spacial score (nSPS) is 46.5. The van der Waals surface area contributed by atoms with Crippen LogP contribution in [0, 0.1) is 46.3 Å². The summed E-state index contributed by atoms with van der Waals surface area (Å²) in [5.74, 6) is 2.69. The molecule has 0 aliphatic heterocycles. The summed E-state index contributed by atoms with van der Waals surface area (Å²) in [7, 11) is 0. The highest BCUT2D eigenvalue weighted by atomic mass is 16.4. The lowest BCUT2D eigenvalue weighted by atomic mass is 9.44. The lowest BCUT2D eigenvalue weighted by Gasteiger charge is -2.59. The van der Waals surface area contributed by atoms with Gasteiger partial charge < -0.3 is 5.11 Å². The predicted octanol–water partition coefficient (Wildman–Crippen LogP) is 4.89. The van der Waals surface area contributed by atoms with E-state index in [0.717, 1.165) is 32.1 Å². The van der Waals surface area contributed by atoms with Crippen molar-refractivity contribution in [1.29, 1.82) is 0 Å². The Morgan fingerprint density at radius 2 is 1.86 bits per heavy atom. The molecule has 156 valence electrons. The van der Waals surface area contributed by atoms with Crippen molar-refractivity contribution >= 4 is 17.5 Å². The number of fused-ring (bicyclic) bond motifs is 5. The molecule has 4 rings (SSSR count). The van der Waals surface area contributed by atoms with Gasteiger partial charge >= 0.3 is 5.97 Å². The Balaban J connectivity index is 1.58. The van der Waals surface area contributed by atoms with Crippen LogP contribution in [0.25, 0.3) is 0 Å². The van der Waals surface area contributed by atoms with Crippen LogP contribution in [-0.2, 0) is 14.4 Å². The van der Waals surface area contributed by atoms with Crippen LogP contribution in [0.2, 0.25) is 0 Å². The summed E-state index contributed by atoms with van der Waals surface area (Å²) >= 11 is 0. The first kappa shape index (κ1) is 20.1. The van der Waals surface area contributed by atoms with Crippen LogP contribution < -0.4 is 0 Å². The summed E-state index contributed by atoms with van der Waals surface area (Å²) in [4.78, 5) is 36.7. The van der Waals surface area contributed by atoms with Crippen molar-refractivity contribution in [2.45, 2.75) is 85.0 Å². The van der Waals surface area contributed by atoms with E-state index in [0.29, 0.717) is 60.4 Å². The summed E-state index contributed by atoms with van der Waals surface area (Å²) in [5, 5.41) is 9.07. The third-order valence-corrected chi connectivity index (χ3v) is 9.91. The van der Waals surface area contributed by atoms with Gasteiger partial charge in [0.05, 0.1) is 0 Å². The number of hydrogen-bond acceptors (Lipinski definition) is 3. The highest BCUT2D eigenvalue weighted by Gasteiger charge is 2.63. The van der Waals surface area contributed by atoms with Gasteiger partial charge in [-0.15, -0.1) is 0 Å². The largest absolute Gasteiger partial charge is 0.481 e. The summed E-state index contributed by atoms with van der Waals surface area (Å²) in [6.07, 6.45) is 8.43. The second kappa shape index (κ2) is 6.95. The molecule has 4 heteroatoms. The standard InChI is InChI=1S/C24H36O4/c1-14(4-9-22(27)28)18-7-8-19-17-6-5-15-12-16(25)10-11-23(15,2)20(17)13-21(26)24(18,19)3/h14-15,17-20H,4-13H2,1-3H3,(H,27,28)/t14-,15+,17-,18+,19-,20-,23+,24-/m1/s1. The van der Waals surface area contributed by atoms with Gasteiger partial charge in [0.2, 0.25) is 0 Å². The van der Waals surface area contributed by atoms with Crippen LogP contribution in [-0.4, -0.2) is 22.6 Å². The van der Waals surface area contributed by atoms with Crippen molar-refractivity contribution in [1.82, 2.24) is 0 Å². The first-order valence-electron chi connectivity index (χ1n) is 11.4. The molecule has 0 saturated heterocycles. The fourth-order valence-electron chi connectivity index (χ4n) is 8.25. The third-order valence-electron chi connectivity index (χ3n) is 9.91. The predicted molar refractivity (Wildman–Crippen MR) is 107 cm³/mol. The van der Waals surface area contributed by atoms with Crippen LogP contribution in [0.4, 0.5) is 0 Å². The Hall–Kier alpha value is -1.19. The molecule has 0 amide bonds. The molecule has 0 bridgehead atoms. The zero-order valence-electron chi connectivity index (χ0n) is 17.7. The van der Waals surface area contributed by atoms with Crippen LogP contribution in [0.15, 0.2) is 0 Å². The zero-order chi connectivity index (χ0) is 20.3. The van der Waals surface area contributed by atoms with Crippen LogP contribution in [0.5, 0.6) is 0 Å². The fraction of sp³-hybridized carbons (Fsp3) is 0.875. The molecule has 4 saturated carbocycles. The van der Waals surface area contributed by atoms with Crippen LogP contribution in [0.3, 0.4) is 0 Å². The number of rotatable bonds is 4. The van der Waals surface area contributed by atoms with Gasteiger partial charge in [-0.3, -0.25) is 14.4 Å². The molecule has 4 nitrogen and oxygen atoms in total. The number of carboxylic acid groups (broad SMARTS) is 1. The minimum absolute atomic E-state index is 0.154. The average Bonchev–Trinajstić information content (AvgIpc) is 3.00. The quantitative estimate of drug-likeness (QED) is 0.744. The number of carboxylic acids is 1. The molecule has 8 atom stereocenters. The number of hydrogen-bond donors (Lipinski definition) is 1. The van der Waals surface area contributed by atoms with Crippen molar-refractivity contribution in [2.75, 3.05) is 0 Å². The fourth-order valence-corrected chi connectivity index (χ4v) is 8.25. The molecule has 0 spiro atoms.